The molecule has 0 aliphatic rings. The van der Waals surface area contributed by atoms with Gasteiger partial charge in [0.2, 0.25) is 5.76 Å². The second-order valence-electron chi connectivity index (χ2n) is 5.24. The van der Waals surface area contributed by atoms with E-state index < -0.39 is 23.7 Å². The van der Waals surface area contributed by atoms with Crippen molar-refractivity contribution >= 4 is 23.4 Å². The predicted octanol–water partition coefficient (Wildman–Crippen LogP) is 1.14. The Labute approximate surface area is 153 Å². The molecule has 1 heterocycles. The Bertz CT molecular complexity index is 741. The molecule has 0 saturated carbocycles. The van der Waals surface area contributed by atoms with E-state index in [-0.39, 0.29) is 42.6 Å². The number of aliphatic hydroxyl groups excluding tert-OH is 1. The van der Waals surface area contributed by atoms with E-state index in [2.05, 4.69) is 20.3 Å². The molecule has 0 aliphatic heterocycles. The first kappa shape index (κ1) is 19.7. The highest BCUT2D eigenvalue weighted by molar-refractivity contribution is 6.30. The van der Waals surface area contributed by atoms with Crippen LogP contribution in [0.3, 0.4) is 0 Å². The van der Waals surface area contributed by atoms with Crippen LogP contribution in [0.2, 0.25) is 5.02 Å². The maximum absolute atomic E-state index is 13.2. The van der Waals surface area contributed by atoms with Crippen LogP contribution in [0.1, 0.15) is 17.0 Å². The fourth-order valence-electron chi connectivity index (χ4n) is 1.87. The topological polar surface area (TPSA) is 114 Å². The van der Waals surface area contributed by atoms with E-state index in [0.29, 0.717) is 0 Å². The molecular weight excluding hydrogens is 369 g/mol. The summed E-state index contributed by atoms with van der Waals surface area (Å²) in [6, 6.07) is 5.24. The highest BCUT2D eigenvalue weighted by atomic mass is 35.5. The van der Waals surface area contributed by atoms with Gasteiger partial charge in [-0.3, -0.25) is 9.59 Å². The highest BCUT2D eigenvalue weighted by Gasteiger charge is 2.12. The SMILES string of the molecule is O=C(COc1ccc(Cl)c(F)c1)NCC(O)CCNC(=O)c1ccno1. The number of ether oxygens (including phenoxy) is 1. The van der Waals surface area contributed by atoms with Crippen molar-refractivity contribution in [2.75, 3.05) is 19.7 Å². The van der Waals surface area contributed by atoms with Crippen molar-refractivity contribution in [3.8, 4) is 5.75 Å². The Morgan fingerprint density at radius 2 is 2.15 bits per heavy atom. The minimum atomic E-state index is -0.859. The summed E-state index contributed by atoms with van der Waals surface area (Å²) in [5, 5.41) is 18.2. The lowest BCUT2D eigenvalue weighted by atomic mass is 10.2. The largest absolute Gasteiger partial charge is 0.484 e. The molecule has 0 aliphatic carbocycles. The number of benzene rings is 1. The normalized spacial score (nSPS) is 11.7. The number of carbonyl (C=O) groups is 2. The van der Waals surface area contributed by atoms with E-state index in [0.717, 1.165) is 6.07 Å². The molecule has 0 bridgehead atoms. The van der Waals surface area contributed by atoms with Crippen molar-refractivity contribution in [2.45, 2.75) is 12.5 Å². The van der Waals surface area contributed by atoms with Gasteiger partial charge < -0.3 is 25.0 Å². The van der Waals surface area contributed by atoms with Gasteiger partial charge in [0.1, 0.15) is 11.6 Å². The summed E-state index contributed by atoms with van der Waals surface area (Å²) in [5.74, 6) is -1.33. The van der Waals surface area contributed by atoms with Crippen molar-refractivity contribution in [3.05, 3.63) is 47.1 Å². The van der Waals surface area contributed by atoms with Crippen molar-refractivity contribution in [2.24, 2.45) is 0 Å². The van der Waals surface area contributed by atoms with Gasteiger partial charge in [-0.1, -0.05) is 16.8 Å². The summed E-state index contributed by atoms with van der Waals surface area (Å²) >= 11 is 5.55. The first-order chi connectivity index (χ1) is 12.5. The molecule has 1 atom stereocenters. The van der Waals surface area contributed by atoms with Crippen molar-refractivity contribution in [3.63, 3.8) is 0 Å². The minimum Gasteiger partial charge on any atom is -0.484 e. The van der Waals surface area contributed by atoms with Gasteiger partial charge in [0.15, 0.2) is 6.61 Å². The first-order valence-electron chi connectivity index (χ1n) is 7.67. The fourth-order valence-corrected chi connectivity index (χ4v) is 1.99. The number of aromatic nitrogens is 1. The van der Waals surface area contributed by atoms with Crippen LogP contribution >= 0.6 is 11.6 Å². The zero-order chi connectivity index (χ0) is 18.9. The van der Waals surface area contributed by atoms with Crippen molar-refractivity contribution in [1.82, 2.24) is 15.8 Å². The molecule has 0 spiro atoms. The monoisotopic (exact) mass is 385 g/mol. The number of nitrogens with zero attached hydrogens (tertiary/aromatic N) is 1. The van der Waals surface area contributed by atoms with Crippen LogP contribution < -0.4 is 15.4 Å². The van der Waals surface area contributed by atoms with Gasteiger partial charge in [0, 0.05) is 25.2 Å². The van der Waals surface area contributed by atoms with Crippen LogP contribution in [0.5, 0.6) is 5.75 Å². The predicted molar refractivity (Wildman–Crippen MR) is 89.4 cm³/mol. The average molecular weight is 386 g/mol. The number of carbonyl (C=O) groups excluding carboxylic acids is 2. The second kappa shape index (κ2) is 9.73. The Morgan fingerprint density at radius 1 is 1.35 bits per heavy atom. The molecule has 10 heteroatoms. The molecule has 2 aromatic rings. The lowest BCUT2D eigenvalue weighted by Gasteiger charge is -2.12. The van der Waals surface area contributed by atoms with Crippen molar-refractivity contribution < 1.29 is 28.3 Å². The van der Waals surface area contributed by atoms with E-state index in [1.807, 2.05) is 0 Å². The molecule has 1 aromatic heterocycles. The zero-order valence-electron chi connectivity index (χ0n) is 13.6. The van der Waals surface area contributed by atoms with Crippen LogP contribution in [-0.4, -0.2) is 47.9 Å². The number of hydrogen-bond acceptors (Lipinski definition) is 6. The Hall–Kier alpha value is -2.65. The Morgan fingerprint density at radius 3 is 2.85 bits per heavy atom. The maximum atomic E-state index is 13.2. The molecule has 2 rings (SSSR count). The summed E-state index contributed by atoms with van der Waals surface area (Å²) < 4.78 is 23.0. The number of amides is 2. The smallest absolute Gasteiger partial charge is 0.289 e. The van der Waals surface area contributed by atoms with Gasteiger partial charge in [-0.25, -0.2) is 4.39 Å². The molecule has 0 saturated heterocycles. The third-order valence-electron chi connectivity index (χ3n) is 3.22. The van der Waals surface area contributed by atoms with Gasteiger partial charge in [-0.15, -0.1) is 0 Å². The minimum absolute atomic E-state index is 0.0185. The van der Waals surface area contributed by atoms with E-state index in [9.17, 15) is 19.1 Å². The third kappa shape index (κ3) is 6.34. The summed E-state index contributed by atoms with van der Waals surface area (Å²) in [5.41, 5.74) is 0. The quantitative estimate of drug-likeness (QED) is 0.596. The molecule has 0 radical (unpaired) electrons. The van der Waals surface area contributed by atoms with Crippen LogP contribution in [-0.2, 0) is 4.79 Å². The molecule has 140 valence electrons. The summed E-state index contributed by atoms with van der Waals surface area (Å²) in [7, 11) is 0. The highest BCUT2D eigenvalue weighted by Crippen LogP contribution is 2.20. The number of halogens is 2. The van der Waals surface area contributed by atoms with Gasteiger partial charge in [-0.05, 0) is 18.6 Å². The fraction of sp³-hybridized carbons (Fsp3) is 0.312. The van der Waals surface area contributed by atoms with E-state index in [4.69, 9.17) is 16.3 Å². The summed E-state index contributed by atoms with van der Waals surface area (Å²) in [6.45, 7) is -0.164. The standard InChI is InChI=1S/C16H17ClFN3O5/c17-12-2-1-11(7-13(12)18)25-9-15(23)20-8-10(22)3-5-19-16(24)14-4-6-21-26-14/h1-2,4,6-7,10,22H,3,5,8-9H2,(H,19,24)(H,20,23). The van der Waals surface area contributed by atoms with Crippen LogP contribution in [0, 0.1) is 5.82 Å². The molecule has 1 unspecified atom stereocenters. The summed E-state index contributed by atoms with van der Waals surface area (Å²) in [6.07, 6.45) is 0.713. The van der Waals surface area contributed by atoms with Gasteiger partial charge in [-0.2, -0.15) is 0 Å². The number of aliphatic hydroxyl groups is 1. The van der Waals surface area contributed by atoms with E-state index >= 15 is 0 Å². The van der Waals surface area contributed by atoms with Gasteiger partial charge in [0.25, 0.3) is 11.8 Å². The number of rotatable bonds is 9. The number of hydrogen-bond donors (Lipinski definition) is 3. The van der Waals surface area contributed by atoms with E-state index in [1.54, 1.807) is 0 Å². The Balaban J connectivity index is 1.60. The van der Waals surface area contributed by atoms with Crippen LogP contribution in [0.25, 0.3) is 0 Å². The molecule has 0 fully saturated rings. The van der Waals surface area contributed by atoms with Crippen LogP contribution in [0.15, 0.2) is 35.0 Å². The average Bonchev–Trinajstić information content (AvgIpc) is 3.15. The molecule has 1 aromatic carbocycles. The second-order valence-corrected chi connectivity index (χ2v) is 5.65. The molecule has 2 amide bonds. The Kier molecular flexibility index (Phi) is 7.37. The lowest BCUT2D eigenvalue weighted by Crippen LogP contribution is -2.37. The zero-order valence-corrected chi connectivity index (χ0v) is 14.3. The third-order valence-corrected chi connectivity index (χ3v) is 3.53. The molecule has 8 nitrogen and oxygen atoms in total. The van der Waals surface area contributed by atoms with E-state index in [1.165, 1.54) is 24.4 Å². The number of nitrogens with one attached hydrogen (secondary N) is 2. The van der Waals surface area contributed by atoms with Gasteiger partial charge in [0.05, 0.1) is 17.3 Å². The molecule has 26 heavy (non-hydrogen) atoms. The van der Waals surface area contributed by atoms with Crippen LogP contribution in [0.4, 0.5) is 4.39 Å². The lowest BCUT2D eigenvalue weighted by molar-refractivity contribution is -0.123. The summed E-state index contributed by atoms with van der Waals surface area (Å²) in [4.78, 5) is 23.2. The maximum Gasteiger partial charge on any atom is 0.289 e. The van der Waals surface area contributed by atoms with Crippen molar-refractivity contribution in [1.29, 1.82) is 0 Å². The molecule has 3 N–H and O–H groups in total. The first-order valence-corrected chi connectivity index (χ1v) is 8.05. The van der Waals surface area contributed by atoms with Gasteiger partial charge >= 0.3 is 0 Å². The molecular formula is C16H17ClFN3O5.